The molecular weight excluding hydrogens is 210 g/mol. The summed E-state index contributed by atoms with van der Waals surface area (Å²) < 4.78 is 0. The summed E-state index contributed by atoms with van der Waals surface area (Å²) in [5.41, 5.74) is 11.5. The lowest BCUT2D eigenvalue weighted by Crippen LogP contribution is -2.30. The second-order valence-corrected chi connectivity index (χ2v) is 5.52. The van der Waals surface area contributed by atoms with E-state index in [1.165, 1.54) is 45.1 Å². The smallest absolute Gasteiger partial charge is 0.00179 e. The minimum atomic E-state index is 0.817. The minimum Gasteiger partial charge on any atom is -0.330 e. The van der Waals surface area contributed by atoms with Gasteiger partial charge in [-0.05, 0) is 63.2 Å². The highest BCUT2D eigenvalue weighted by Crippen LogP contribution is 2.34. The lowest BCUT2D eigenvalue weighted by molar-refractivity contribution is 0.263. The summed E-state index contributed by atoms with van der Waals surface area (Å²) in [6.45, 7) is 6.12. The predicted molar refractivity (Wildman–Crippen MR) is 74.8 cm³/mol. The SMILES string of the molecule is CCNCC1CC(CCN)CCCC1CCN. The molecule has 1 aliphatic rings. The molecule has 1 saturated carbocycles. The van der Waals surface area contributed by atoms with Crippen LogP contribution in [-0.4, -0.2) is 26.2 Å². The lowest BCUT2D eigenvalue weighted by atomic mass is 9.83. The molecule has 1 aliphatic carbocycles. The van der Waals surface area contributed by atoms with E-state index in [-0.39, 0.29) is 0 Å². The van der Waals surface area contributed by atoms with Crippen molar-refractivity contribution in [1.29, 1.82) is 0 Å². The van der Waals surface area contributed by atoms with Gasteiger partial charge in [-0.15, -0.1) is 0 Å². The van der Waals surface area contributed by atoms with Crippen molar-refractivity contribution in [1.82, 2.24) is 5.32 Å². The number of hydrogen-bond donors (Lipinski definition) is 3. The first-order chi connectivity index (χ1) is 8.31. The van der Waals surface area contributed by atoms with Crippen LogP contribution >= 0.6 is 0 Å². The first kappa shape index (κ1) is 14.9. The quantitative estimate of drug-likeness (QED) is 0.595. The zero-order chi connectivity index (χ0) is 12.5. The Morgan fingerprint density at radius 2 is 1.82 bits per heavy atom. The van der Waals surface area contributed by atoms with Crippen LogP contribution in [0.15, 0.2) is 0 Å². The zero-order valence-corrected chi connectivity index (χ0v) is 11.5. The molecule has 102 valence electrons. The van der Waals surface area contributed by atoms with Crippen LogP contribution in [0.3, 0.4) is 0 Å². The van der Waals surface area contributed by atoms with E-state index in [4.69, 9.17) is 11.5 Å². The van der Waals surface area contributed by atoms with Crippen LogP contribution in [-0.2, 0) is 0 Å². The standard InChI is InChI=1S/C14H31N3/c1-2-17-11-14-10-12(6-8-15)4-3-5-13(14)7-9-16/h12-14,17H,2-11,15-16H2,1H3. The van der Waals surface area contributed by atoms with Crippen molar-refractivity contribution >= 4 is 0 Å². The maximum atomic E-state index is 5.75. The van der Waals surface area contributed by atoms with Crippen molar-refractivity contribution in [3.8, 4) is 0 Å². The molecule has 17 heavy (non-hydrogen) atoms. The largest absolute Gasteiger partial charge is 0.330 e. The average Bonchev–Trinajstić information content (AvgIpc) is 2.51. The molecule has 0 spiro atoms. The van der Waals surface area contributed by atoms with Crippen LogP contribution in [0, 0.1) is 17.8 Å². The van der Waals surface area contributed by atoms with E-state index in [0.29, 0.717) is 0 Å². The molecule has 1 fully saturated rings. The van der Waals surface area contributed by atoms with E-state index in [1.807, 2.05) is 0 Å². The van der Waals surface area contributed by atoms with E-state index >= 15 is 0 Å². The van der Waals surface area contributed by atoms with Crippen molar-refractivity contribution in [2.45, 2.75) is 45.4 Å². The molecule has 0 saturated heterocycles. The highest BCUT2D eigenvalue weighted by atomic mass is 14.8. The average molecular weight is 241 g/mol. The lowest BCUT2D eigenvalue weighted by Gasteiger charge is -2.27. The molecule has 3 unspecified atom stereocenters. The van der Waals surface area contributed by atoms with Crippen LogP contribution in [0.2, 0.25) is 0 Å². The van der Waals surface area contributed by atoms with Gasteiger partial charge in [-0.25, -0.2) is 0 Å². The zero-order valence-electron chi connectivity index (χ0n) is 11.5. The Morgan fingerprint density at radius 1 is 1.06 bits per heavy atom. The highest BCUT2D eigenvalue weighted by Gasteiger charge is 2.27. The van der Waals surface area contributed by atoms with Crippen molar-refractivity contribution < 1.29 is 0 Å². The third-order valence-electron chi connectivity index (χ3n) is 4.26. The molecule has 0 radical (unpaired) electrons. The van der Waals surface area contributed by atoms with Crippen LogP contribution < -0.4 is 16.8 Å². The third kappa shape index (κ3) is 5.36. The Balaban J connectivity index is 2.51. The first-order valence-electron chi connectivity index (χ1n) is 7.42. The molecular formula is C14H31N3. The number of nitrogens with one attached hydrogen (secondary N) is 1. The summed E-state index contributed by atoms with van der Waals surface area (Å²) in [6.07, 6.45) is 7.88. The highest BCUT2D eigenvalue weighted by molar-refractivity contribution is 4.80. The van der Waals surface area contributed by atoms with Gasteiger partial charge < -0.3 is 16.8 Å². The molecule has 0 bridgehead atoms. The molecule has 0 heterocycles. The fraction of sp³-hybridized carbons (Fsp3) is 1.00. The summed E-state index contributed by atoms with van der Waals surface area (Å²) in [6, 6.07) is 0. The Kier molecular flexibility index (Phi) is 7.82. The van der Waals surface area contributed by atoms with Crippen molar-refractivity contribution in [2.24, 2.45) is 29.2 Å². The molecule has 0 aromatic rings. The molecule has 3 heteroatoms. The van der Waals surface area contributed by atoms with Crippen molar-refractivity contribution in [3.05, 3.63) is 0 Å². The van der Waals surface area contributed by atoms with Gasteiger partial charge in [0.2, 0.25) is 0 Å². The number of hydrogen-bond acceptors (Lipinski definition) is 3. The van der Waals surface area contributed by atoms with Gasteiger partial charge in [0, 0.05) is 0 Å². The summed E-state index contributed by atoms with van der Waals surface area (Å²) in [7, 11) is 0. The fourth-order valence-corrected chi connectivity index (χ4v) is 3.31. The van der Waals surface area contributed by atoms with E-state index in [0.717, 1.165) is 37.4 Å². The van der Waals surface area contributed by atoms with E-state index in [2.05, 4.69) is 12.2 Å². The number of rotatable bonds is 7. The van der Waals surface area contributed by atoms with Gasteiger partial charge in [0.05, 0.1) is 0 Å². The first-order valence-corrected chi connectivity index (χ1v) is 7.42. The molecule has 5 N–H and O–H groups in total. The second kappa shape index (κ2) is 8.90. The Morgan fingerprint density at radius 3 is 2.47 bits per heavy atom. The van der Waals surface area contributed by atoms with Gasteiger partial charge >= 0.3 is 0 Å². The summed E-state index contributed by atoms with van der Waals surface area (Å²) in [4.78, 5) is 0. The second-order valence-electron chi connectivity index (χ2n) is 5.52. The molecule has 0 aromatic carbocycles. The van der Waals surface area contributed by atoms with Crippen LogP contribution in [0.5, 0.6) is 0 Å². The summed E-state index contributed by atoms with van der Waals surface area (Å²) in [5, 5.41) is 3.52. The van der Waals surface area contributed by atoms with Gasteiger partial charge in [0.15, 0.2) is 0 Å². The molecule has 0 amide bonds. The fourth-order valence-electron chi connectivity index (χ4n) is 3.31. The van der Waals surface area contributed by atoms with Gasteiger partial charge in [0.1, 0.15) is 0 Å². The molecule has 1 rings (SSSR count). The van der Waals surface area contributed by atoms with Gasteiger partial charge in [-0.3, -0.25) is 0 Å². The minimum absolute atomic E-state index is 0.817. The molecule has 0 aliphatic heterocycles. The van der Waals surface area contributed by atoms with Gasteiger partial charge in [-0.2, -0.15) is 0 Å². The van der Waals surface area contributed by atoms with E-state index in [9.17, 15) is 0 Å². The maximum absolute atomic E-state index is 5.75. The van der Waals surface area contributed by atoms with Crippen LogP contribution in [0.25, 0.3) is 0 Å². The Hall–Kier alpha value is -0.120. The normalized spacial score (nSPS) is 30.2. The summed E-state index contributed by atoms with van der Waals surface area (Å²) in [5.74, 6) is 2.51. The maximum Gasteiger partial charge on any atom is -0.00179 e. The molecule has 0 aromatic heterocycles. The third-order valence-corrected chi connectivity index (χ3v) is 4.26. The van der Waals surface area contributed by atoms with Crippen LogP contribution in [0.4, 0.5) is 0 Å². The van der Waals surface area contributed by atoms with Crippen molar-refractivity contribution in [2.75, 3.05) is 26.2 Å². The Labute approximate surface area is 107 Å². The molecule has 3 atom stereocenters. The monoisotopic (exact) mass is 241 g/mol. The molecule has 3 nitrogen and oxygen atoms in total. The van der Waals surface area contributed by atoms with E-state index < -0.39 is 0 Å². The van der Waals surface area contributed by atoms with Crippen LogP contribution in [0.1, 0.15) is 45.4 Å². The number of nitrogens with two attached hydrogens (primary N) is 2. The predicted octanol–water partition coefficient (Wildman–Crippen LogP) is 1.72. The Bertz CT molecular complexity index is 184. The van der Waals surface area contributed by atoms with Crippen molar-refractivity contribution in [3.63, 3.8) is 0 Å². The van der Waals surface area contributed by atoms with E-state index in [1.54, 1.807) is 0 Å². The van der Waals surface area contributed by atoms with Gasteiger partial charge in [0.25, 0.3) is 0 Å². The summed E-state index contributed by atoms with van der Waals surface area (Å²) >= 11 is 0. The topological polar surface area (TPSA) is 64.1 Å². The van der Waals surface area contributed by atoms with Gasteiger partial charge in [-0.1, -0.05) is 26.2 Å².